The number of carbonyl (C=O) groups excluding carboxylic acids is 2. The highest BCUT2D eigenvalue weighted by Crippen LogP contribution is 2.10. The van der Waals surface area contributed by atoms with E-state index in [1.54, 1.807) is 6.07 Å². The minimum atomic E-state index is -0.634. The van der Waals surface area contributed by atoms with Gasteiger partial charge in [-0.3, -0.25) is 0 Å². The van der Waals surface area contributed by atoms with Crippen molar-refractivity contribution in [1.82, 2.24) is 5.32 Å². The molecule has 0 aromatic heterocycles. The van der Waals surface area contributed by atoms with Crippen molar-refractivity contribution in [2.45, 2.75) is 33.2 Å². The van der Waals surface area contributed by atoms with Crippen molar-refractivity contribution in [3.05, 3.63) is 29.8 Å². The molecule has 1 unspecified atom stereocenters. The quantitative estimate of drug-likeness (QED) is 0.814. The zero-order chi connectivity index (χ0) is 15.1. The van der Waals surface area contributed by atoms with Gasteiger partial charge in [-0.05, 0) is 37.0 Å². The van der Waals surface area contributed by atoms with Crippen molar-refractivity contribution in [2.24, 2.45) is 5.92 Å². The Bertz CT molecular complexity index is 472. The van der Waals surface area contributed by atoms with Crippen LogP contribution in [0.5, 0.6) is 0 Å². The van der Waals surface area contributed by atoms with Gasteiger partial charge in [0.25, 0.3) is 0 Å². The van der Waals surface area contributed by atoms with Gasteiger partial charge in [0.15, 0.2) is 0 Å². The lowest BCUT2D eigenvalue weighted by Crippen LogP contribution is -2.44. The second-order valence-electron chi connectivity index (χ2n) is 5.17. The third-order valence-corrected chi connectivity index (χ3v) is 2.77. The topological polar surface area (TPSA) is 67.4 Å². The average Bonchev–Trinajstić information content (AvgIpc) is 2.36. The molecular formula is C15H22N2O3. The molecule has 0 bridgehead atoms. The first-order valence-electron chi connectivity index (χ1n) is 6.64. The number of urea groups is 1. The molecule has 1 aromatic rings. The number of carbonyl (C=O) groups is 2. The van der Waals surface area contributed by atoms with Gasteiger partial charge in [-0.25, -0.2) is 9.59 Å². The van der Waals surface area contributed by atoms with Crippen molar-refractivity contribution in [3.8, 4) is 0 Å². The van der Waals surface area contributed by atoms with Crippen LogP contribution in [0.4, 0.5) is 10.5 Å². The number of esters is 1. The van der Waals surface area contributed by atoms with Crippen LogP contribution >= 0.6 is 0 Å². The molecule has 1 atom stereocenters. The summed E-state index contributed by atoms with van der Waals surface area (Å²) in [6.07, 6.45) is 0.536. The molecule has 5 nitrogen and oxygen atoms in total. The predicted molar refractivity (Wildman–Crippen MR) is 78.6 cm³/mol. The molecule has 20 heavy (non-hydrogen) atoms. The maximum Gasteiger partial charge on any atom is 0.328 e. The molecule has 1 aromatic carbocycles. The van der Waals surface area contributed by atoms with Crippen LogP contribution in [0.3, 0.4) is 0 Å². The maximum atomic E-state index is 11.9. The van der Waals surface area contributed by atoms with E-state index >= 15 is 0 Å². The zero-order valence-corrected chi connectivity index (χ0v) is 12.4. The Labute approximate surface area is 119 Å². The van der Waals surface area contributed by atoms with Gasteiger partial charge in [-0.1, -0.05) is 26.0 Å². The van der Waals surface area contributed by atoms with E-state index in [-0.39, 0.29) is 5.92 Å². The van der Waals surface area contributed by atoms with E-state index in [0.29, 0.717) is 12.1 Å². The largest absolute Gasteiger partial charge is 0.467 e. The Morgan fingerprint density at radius 1 is 1.30 bits per heavy atom. The van der Waals surface area contributed by atoms with Gasteiger partial charge in [-0.2, -0.15) is 0 Å². The van der Waals surface area contributed by atoms with E-state index in [1.807, 2.05) is 39.0 Å². The second-order valence-corrected chi connectivity index (χ2v) is 5.17. The number of aryl methyl sites for hydroxylation is 1. The van der Waals surface area contributed by atoms with Crippen LogP contribution in [0.25, 0.3) is 0 Å². The number of anilines is 1. The molecule has 5 heteroatoms. The normalized spacial score (nSPS) is 11.8. The molecule has 0 fully saturated rings. The first kappa shape index (κ1) is 16.0. The van der Waals surface area contributed by atoms with E-state index in [1.165, 1.54) is 7.11 Å². The van der Waals surface area contributed by atoms with Crippen molar-refractivity contribution in [3.63, 3.8) is 0 Å². The zero-order valence-electron chi connectivity index (χ0n) is 12.4. The third kappa shape index (κ3) is 5.30. The SMILES string of the molecule is COC(=O)C(CC(C)C)NC(=O)Nc1cccc(C)c1. The molecule has 1 rings (SSSR count). The lowest BCUT2D eigenvalue weighted by Gasteiger charge is -2.18. The molecule has 0 heterocycles. The highest BCUT2D eigenvalue weighted by atomic mass is 16.5. The van der Waals surface area contributed by atoms with E-state index in [9.17, 15) is 9.59 Å². The van der Waals surface area contributed by atoms with Crippen molar-refractivity contribution >= 4 is 17.7 Å². The molecule has 0 spiro atoms. The molecular weight excluding hydrogens is 256 g/mol. The Kier molecular flexibility index (Phi) is 6.03. The van der Waals surface area contributed by atoms with Crippen LogP contribution < -0.4 is 10.6 Å². The standard InChI is InChI=1S/C15H22N2O3/c1-10(2)8-13(14(18)20-4)17-15(19)16-12-7-5-6-11(3)9-12/h5-7,9-10,13H,8H2,1-4H3,(H2,16,17,19). The highest BCUT2D eigenvalue weighted by Gasteiger charge is 2.22. The second kappa shape index (κ2) is 7.53. The fourth-order valence-corrected chi connectivity index (χ4v) is 1.88. The number of amides is 2. The molecule has 2 N–H and O–H groups in total. The number of benzene rings is 1. The van der Waals surface area contributed by atoms with Gasteiger partial charge >= 0.3 is 12.0 Å². The fraction of sp³-hybridized carbons (Fsp3) is 0.467. The van der Waals surface area contributed by atoms with Gasteiger partial charge in [0.2, 0.25) is 0 Å². The molecule has 0 aliphatic carbocycles. The van der Waals surface area contributed by atoms with Crippen LogP contribution in [0.1, 0.15) is 25.8 Å². The number of methoxy groups -OCH3 is 1. The Morgan fingerprint density at radius 3 is 2.55 bits per heavy atom. The monoisotopic (exact) mass is 278 g/mol. The van der Waals surface area contributed by atoms with Crippen molar-refractivity contribution in [2.75, 3.05) is 12.4 Å². The molecule has 110 valence electrons. The van der Waals surface area contributed by atoms with Crippen molar-refractivity contribution in [1.29, 1.82) is 0 Å². The summed E-state index contributed by atoms with van der Waals surface area (Å²) in [5, 5.41) is 5.35. The van der Waals surface area contributed by atoms with Gasteiger partial charge in [-0.15, -0.1) is 0 Å². The van der Waals surface area contributed by atoms with E-state index in [0.717, 1.165) is 5.56 Å². The molecule has 0 saturated carbocycles. The molecule has 2 amide bonds. The summed E-state index contributed by atoms with van der Waals surface area (Å²) in [6, 6.07) is 6.41. The van der Waals surface area contributed by atoms with Crippen LogP contribution in [-0.2, 0) is 9.53 Å². The number of ether oxygens (including phenoxy) is 1. The summed E-state index contributed by atoms with van der Waals surface area (Å²) in [7, 11) is 1.32. The summed E-state index contributed by atoms with van der Waals surface area (Å²) >= 11 is 0. The first-order chi connectivity index (χ1) is 9.42. The summed E-state index contributed by atoms with van der Waals surface area (Å²) < 4.78 is 4.70. The highest BCUT2D eigenvalue weighted by molar-refractivity contribution is 5.92. The first-order valence-corrected chi connectivity index (χ1v) is 6.64. The maximum absolute atomic E-state index is 11.9. The number of hydrogen-bond donors (Lipinski definition) is 2. The van der Waals surface area contributed by atoms with Gasteiger partial charge in [0.05, 0.1) is 7.11 Å². The predicted octanol–water partition coefficient (Wildman–Crippen LogP) is 2.70. The number of hydrogen-bond acceptors (Lipinski definition) is 3. The minimum absolute atomic E-state index is 0.276. The van der Waals surface area contributed by atoms with Crippen molar-refractivity contribution < 1.29 is 14.3 Å². The van der Waals surface area contributed by atoms with E-state index in [2.05, 4.69) is 10.6 Å². The van der Waals surface area contributed by atoms with E-state index < -0.39 is 18.0 Å². The number of rotatable bonds is 5. The minimum Gasteiger partial charge on any atom is -0.467 e. The van der Waals surface area contributed by atoms with Crippen LogP contribution in [0, 0.1) is 12.8 Å². The van der Waals surface area contributed by atoms with Crippen LogP contribution in [-0.4, -0.2) is 25.2 Å². The summed E-state index contributed by atoms with van der Waals surface area (Å²) in [6.45, 7) is 5.91. The smallest absolute Gasteiger partial charge is 0.328 e. The van der Waals surface area contributed by atoms with E-state index in [4.69, 9.17) is 4.74 Å². The lowest BCUT2D eigenvalue weighted by molar-refractivity contribution is -0.143. The molecule has 0 aliphatic heterocycles. The fourth-order valence-electron chi connectivity index (χ4n) is 1.88. The molecule has 0 aliphatic rings. The summed E-state index contributed by atoms with van der Waals surface area (Å²) in [5.41, 5.74) is 1.74. The molecule has 0 saturated heterocycles. The van der Waals surface area contributed by atoms with Gasteiger partial charge in [0, 0.05) is 5.69 Å². The number of nitrogens with one attached hydrogen (secondary N) is 2. The Hall–Kier alpha value is -2.04. The lowest BCUT2D eigenvalue weighted by atomic mass is 10.0. The Morgan fingerprint density at radius 2 is 2.00 bits per heavy atom. The Balaban J connectivity index is 2.64. The summed E-state index contributed by atoms with van der Waals surface area (Å²) in [4.78, 5) is 23.5. The third-order valence-electron chi connectivity index (χ3n) is 2.77. The molecule has 0 radical (unpaired) electrons. The van der Waals surface area contributed by atoms with Gasteiger partial charge < -0.3 is 15.4 Å². The van der Waals surface area contributed by atoms with Crippen LogP contribution in [0.2, 0.25) is 0 Å². The van der Waals surface area contributed by atoms with Crippen LogP contribution in [0.15, 0.2) is 24.3 Å². The summed E-state index contributed by atoms with van der Waals surface area (Å²) in [5.74, 6) is -0.156. The van der Waals surface area contributed by atoms with Gasteiger partial charge in [0.1, 0.15) is 6.04 Å². The average molecular weight is 278 g/mol.